The molecule has 0 atom stereocenters. The van der Waals surface area contributed by atoms with Crippen molar-refractivity contribution in [3.8, 4) is 0 Å². The topological polar surface area (TPSA) is 3.24 Å². The van der Waals surface area contributed by atoms with Gasteiger partial charge in [-0.25, -0.2) is 0 Å². The van der Waals surface area contributed by atoms with Crippen molar-refractivity contribution in [3.05, 3.63) is 0 Å². The summed E-state index contributed by atoms with van der Waals surface area (Å²) in [5.74, 6) is 0. The molecule has 0 bridgehead atoms. The van der Waals surface area contributed by atoms with Crippen LogP contribution in [0.3, 0.4) is 0 Å². The van der Waals surface area contributed by atoms with E-state index in [1.807, 2.05) is 0 Å². The van der Waals surface area contributed by atoms with Crippen LogP contribution < -0.4 is 0 Å². The Morgan fingerprint density at radius 1 is 1.08 bits per heavy atom. The highest BCUT2D eigenvalue weighted by atomic mass is 15.2. The Labute approximate surface area is 77.1 Å². The molecule has 1 nitrogen and oxygen atoms in total. The van der Waals surface area contributed by atoms with Gasteiger partial charge in [-0.3, -0.25) is 4.90 Å². The van der Waals surface area contributed by atoms with Crippen LogP contribution in [0.25, 0.3) is 0 Å². The number of rotatable bonds is 2. The van der Waals surface area contributed by atoms with Crippen molar-refractivity contribution >= 4 is 0 Å². The predicted octanol–water partition coefficient (Wildman–Crippen LogP) is 3.05. The molecule has 1 heteroatoms. The smallest absolute Gasteiger partial charge is 0.0181 e. The van der Waals surface area contributed by atoms with E-state index in [0.717, 1.165) is 0 Å². The molecule has 0 spiro atoms. The van der Waals surface area contributed by atoms with Crippen molar-refractivity contribution in [2.45, 2.75) is 64.5 Å². The standard InChI is InChI=1S/C11H23N/c1-10(2)12(4)11(3)8-6-5-7-9-11/h10H,5-9H2,1-4H3. The van der Waals surface area contributed by atoms with E-state index in [0.29, 0.717) is 11.6 Å². The van der Waals surface area contributed by atoms with Gasteiger partial charge in [0.2, 0.25) is 0 Å². The fourth-order valence-electron chi connectivity index (χ4n) is 2.29. The molecule has 0 aromatic carbocycles. The third kappa shape index (κ3) is 2.01. The molecule has 1 aliphatic carbocycles. The summed E-state index contributed by atoms with van der Waals surface area (Å²) >= 11 is 0. The van der Waals surface area contributed by atoms with E-state index in [-0.39, 0.29) is 0 Å². The summed E-state index contributed by atoms with van der Waals surface area (Å²) in [4.78, 5) is 2.55. The first-order valence-electron chi connectivity index (χ1n) is 5.29. The molecule has 1 fully saturated rings. The van der Waals surface area contributed by atoms with Crippen molar-refractivity contribution in [2.75, 3.05) is 7.05 Å². The minimum absolute atomic E-state index is 0.492. The van der Waals surface area contributed by atoms with Crippen molar-refractivity contribution in [1.82, 2.24) is 4.90 Å². The number of hydrogen-bond acceptors (Lipinski definition) is 1. The second-order valence-electron chi connectivity index (χ2n) is 4.76. The van der Waals surface area contributed by atoms with Gasteiger partial charge in [0.1, 0.15) is 0 Å². The highest BCUT2D eigenvalue weighted by Crippen LogP contribution is 2.33. The average Bonchev–Trinajstić information content (AvgIpc) is 2.04. The summed E-state index contributed by atoms with van der Waals surface area (Å²) in [5, 5.41) is 0. The van der Waals surface area contributed by atoms with Crippen LogP contribution in [0.2, 0.25) is 0 Å². The zero-order valence-electron chi connectivity index (χ0n) is 9.06. The molecule has 1 saturated carbocycles. The largest absolute Gasteiger partial charge is 0.299 e. The quantitative estimate of drug-likeness (QED) is 0.614. The van der Waals surface area contributed by atoms with Crippen LogP contribution in [0.15, 0.2) is 0 Å². The summed E-state index contributed by atoms with van der Waals surface area (Å²) < 4.78 is 0. The van der Waals surface area contributed by atoms with E-state index < -0.39 is 0 Å². The molecule has 1 rings (SSSR count). The summed E-state index contributed by atoms with van der Waals surface area (Å²) in [7, 11) is 2.27. The molecule has 12 heavy (non-hydrogen) atoms. The fraction of sp³-hybridized carbons (Fsp3) is 1.00. The van der Waals surface area contributed by atoms with Gasteiger partial charge in [0.05, 0.1) is 0 Å². The molecule has 0 N–H and O–H groups in total. The second-order valence-corrected chi connectivity index (χ2v) is 4.76. The van der Waals surface area contributed by atoms with Crippen LogP contribution >= 0.6 is 0 Å². The Morgan fingerprint density at radius 2 is 1.58 bits per heavy atom. The third-order valence-electron chi connectivity index (χ3n) is 3.56. The molecule has 0 radical (unpaired) electrons. The van der Waals surface area contributed by atoms with Gasteiger partial charge in [0.25, 0.3) is 0 Å². The Kier molecular flexibility index (Phi) is 3.16. The summed E-state index contributed by atoms with van der Waals surface area (Å²) in [5.41, 5.74) is 0.492. The van der Waals surface area contributed by atoms with Crippen LogP contribution in [0, 0.1) is 0 Å². The fourth-order valence-corrected chi connectivity index (χ4v) is 2.29. The van der Waals surface area contributed by atoms with Gasteiger partial charge in [-0.2, -0.15) is 0 Å². The van der Waals surface area contributed by atoms with Crippen LogP contribution in [-0.4, -0.2) is 23.5 Å². The van der Waals surface area contributed by atoms with Gasteiger partial charge in [-0.15, -0.1) is 0 Å². The lowest BCUT2D eigenvalue weighted by Crippen LogP contribution is -2.48. The van der Waals surface area contributed by atoms with Gasteiger partial charge in [-0.1, -0.05) is 19.3 Å². The predicted molar refractivity (Wildman–Crippen MR) is 54.4 cm³/mol. The molecule has 0 aromatic rings. The Hall–Kier alpha value is -0.0400. The molecule has 0 aliphatic heterocycles. The molecule has 1 aliphatic rings. The third-order valence-corrected chi connectivity index (χ3v) is 3.56. The van der Waals surface area contributed by atoms with Crippen LogP contribution in [0.1, 0.15) is 52.9 Å². The number of nitrogens with zero attached hydrogens (tertiary/aromatic N) is 1. The van der Waals surface area contributed by atoms with Gasteiger partial charge in [0, 0.05) is 11.6 Å². The maximum Gasteiger partial charge on any atom is 0.0181 e. The molecule has 72 valence electrons. The minimum Gasteiger partial charge on any atom is -0.299 e. The summed E-state index contributed by atoms with van der Waals surface area (Å²) in [6, 6.07) is 0.688. The van der Waals surface area contributed by atoms with E-state index in [4.69, 9.17) is 0 Å². The van der Waals surface area contributed by atoms with Gasteiger partial charge in [0.15, 0.2) is 0 Å². The molecule has 0 unspecified atom stereocenters. The lowest BCUT2D eigenvalue weighted by molar-refractivity contribution is 0.0650. The monoisotopic (exact) mass is 169 g/mol. The maximum absolute atomic E-state index is 2.55. The van der Waals surface area contributed by atoms with Gasteiger partial charge >= 0.3 is 0 Å². The molecular formula is C11H23N. The summed E-state index contributed by atoms with van der Waals surface area (Å²) in [6.07, 6.45) is 7.08. The Bertz CT molecular complexity index is 134. The first kappa shape index (κ1) is 10.0. The maximum atomic E-state index is 2.55. The van der Waals surface area contributed by atoms with Crippen molar-refractivity contribution < 1.29 is 0 Å². The SMILES string of the molecule is CC(C)N(C)C1(C)CCCCC1. The molecule has 0 aromatic heterocycles. The van der Waals surface area contributed by atoms with E-state index in [2.05, 4.69) is 32.7 Å². The van der Waals surface area contributed by atoms with E-state index in [1.165, 1.54) is 32.1 Å². The van der Waals surface area contributed by atoms with Crippen molar-refractivity contribution in [1.29, 1.82) is 0 Å². The van der Waals surface area contributed by atoms with Crippen molar-refractivity contribution in [3.63, 3.8) is 0 Å². The molecule has 0 saturated heterocycles. The van der Waals surface area contributed by atoms with Crippen LogP contribution in [0.4, 0.5) is 0 Å². The molecule has 0 heterocycles. The zero-order valence-corrected chi connectivity index (χ0v) is 9.06. The highest BCUT2D eigenvalue weighted by Gasteiger charge is 2.31. The minimum atomic E-state index is 0.492. The van der Waals surface area contributed by atoms with E-state index in [9.17, 15) is 0 Å². The van der Waals surface area contributed by atoms with E-state index in [1.54, 1.807) is 0 Å². The molecular weight excluding hydrogens is 146 g/mol. The Balaban J connectivity index is 2.56. The zero-order chi connectivity index (χ0) is 9.19. The van der Waals surface area contributed by atoms with Gasteiger partial charge in [-0.05, 0) is 40.7 Å². The van der Waals surface area contributed by atoms with Crippen molar-refractivity contribution in [2.24, 2.45) is 0 Å². The average molecular weight is 169 g/mol. The van der Waals surface area contributed by atoms with Crippen LogP contribution in [0.5, 0.6) is 0 Å². The highest BCUT2D eigenvalue weighted by molar-refractivity contribution is 4.88. The lowest BCUT2D eigenvalue weighted by Gasteiger charge is -2.44. The first-order valence-corrected chi connectivity index (χ1v) is 5.29. The number of hydrogen-bond donors (Lipinski definition) is 0. The van der Waals surface area contributed by atoms with Gasteiger partial charge < -0.3 is 0 Å². The normalized spacial score (nSPS) is 23.5. The second kappa shape index (κ2) is 3.78. The van der Waals surface area contributed by atoms with Crippen LogP contribution in [-0.2, 0) is 0 Å². The van der Waals surface area contributed by atoms with E-state index >= 15 is 0 Å². The molecule has 0 amide bonds. The summed E-state index contributed by atoms with van der Waals surface area (Å²) in [6.45, 7) is 7.01. The lowest BCUT2D eigenvalue weighted by atomic mass is 9.81. The Morgan fingerprint density at radius 3 is 2.00 bits per heavy atom. The first-order chi connectivity index (χ1) is 5.56.